The molecule has 1 saturated heterocycles. The number of aryl methyl sites for hydroxylation is 1. The number of nitrogens with zero attached hydrogens (tertiary/aromatic N) is 3. The number of piperazine rings is 1. The van der Waals surface area contributed by atoms with Gasteiger partial charge in [0.2, 0.25) is 5.91 Å². The Labute approximate surface area is 270 Å². The van der Waals surface area contributed by atoms with Crippen LogP contribution in [0.5, 0.6) is 11.5 Å². The van der Waals surface area contributed by atoms with E-state index in [-0.39, 0.29) is 17.7 Å². The van der Waals surface area contributed by atoms with Gasteiger partial charge in [0.1, 0.15) is 11.5 Å². The summed E-state index contributed by atoms with van der Waals surface area (Å²) in [6.45, 7) is 7.02. The van der Waals surface area contributed by atoms with Crippen LogP contribution in [0.4, 0.5) is 11.4 Å². The van der Waals surface area contributed by atoms with Gasteiger partial charge >= 0.3 is 0 Å². The molecule has 2 aliphatic heterocycles. The molecule has 0 bridgehead atoms. The SMILES string of the molecule is COc1cc(C(=O)N2CCCCc3cc(Cl)ccc32)ccc1NC(=O)c1ccccc1OCCCCN1CCN(C(C)=O)CC1. The lowest BCUT2D eigenvalue weighted by Crippen LogP contribution is -2.48. The van der Waals surface area contributed by atoms with Crippen molar-refractivity contribution in [1.82, 2.24) is 9.80 Å². The van der Waals surface area contributed by atoms with Crippen molar-refractivity contribution in [2.75, 3.05) is 63.2 Å². The minimum Gasteiger partial charge on any atom is -0.495 e. The fourth-order valence-corrected chi connectivity index (χ4v) is 6.09. The van der Waals surface area contributed by atoms with E-state index >= 15 is 0 Å². The van der Waals surface area contributed by atoms with Gasteiger partial charge in [-0.1, -0.05) is 23.7 Å². The van der Waals surface area contributed by atoms with Crippen LogP contribution >= 0.6 is 11.6 Å². The number of anilines is 2. The van der Waals surface area contributed by atoms with Gasteiger partial charge in [0.05, 0.1) is 25.0 Å². The summed E-state index contributed by atoms with van der Waals surface area (Å²) < 4.78 is 11.6. The number of benzene rings is 3. The smallest absolute Gasteiger partial charge is 0.259 e. The van der Waals surface area contributed by atoms with E-state index in [0.29, 0.717) is 46.5 Å². The maximum atomic E-state index is 13.7. The lowest BCUT2D eigenvalue weighted by molar-refractivity contribution is -0.130. The Balaban J connectivity index is 1.18. The molecule has 45 heavy (non-hydrogen) atoms. The number of halogens is 1. The van der Waals surface area contributed by atoms with Crippen molar-refractivity contribution < 1.29 is 23.9 Å². The van der Waals surface area contributed by atoms with Crippen LogP contribution in [-0.2, 0) is 11.2 Å². The maximum absolute atomic E-state index is 13.7. The molecule has 0 atom stereocenters. The van der Waals surface area contributed by atoms with Crippen molar-refractivity contribution >= 4 is 40.7 Å². The molecule has 1 fully saturated rings. The Kier molecular flexibility index (Phi) is 11.0. The monoisotopic (exact) mass is 632 g/mol. The van der Waals surface area contributed by atoms with Gasteiger partial charge in [-0.15, -0.1) is 0 Å². The average Bonchev–Trinajstić information content (AvgIpc) is 3.26. The molecule has 0 aromatic heterocycles. The first kappa shape index (κ1) is 32.3. The van der Waals surface area contributed by atoms with Crippen molar-refractivity contribution in [2.24, 2.45) is 0 Å². The van der Waals surface area contributed by atoms with Crippen LogP contribution in [0, 0.1) is 0 Å². The maximum Gasteiger partial charge on any atom is 0.259 e. The molecule has 2 heterocycles. The Morgan fingerprint density at radius 2 is 1.69 bits per heavy atom. The highest BCUT2D eigenvalue weighted by atomic mass is 35.5. The van der Waals surface area contributed by atoms with Crippen LogP contribution in [0.15, 0.2) is 60.7 Å². The number of para-hydroxylation sites is 1. The minimum atomic E-state index is -0.329. The Morgan fingerprint density at radius 1 is 0.889 bits per heavy atom. The predicted molar refractivity (Wildman–Crippen MR) is 177 cm³/mol. The summed E-state index contributed by atoms with van der Waals surface area (Å²) in [6, 6.07) is 17.9. The third-order valence-corrected chi connectivity index (χ3v) is 8.66. The second-order valence-electron chi connectivity index (χ2n) is 11.5. The van der Waals surface area contributed by atoms with Crippen LogP contribution in [0.1, 0.15) is 58.9 Å². The van der Waals surface area contributed by atoms with E-state index in [1.165, 1.54) is 7.11 Å². The molecule has 0 spiro atoms. The topological polar surface area (TPSA) is 91.4 Å². The zero-order valence-corrected chi connectivity index (χ0v) is 26.8. The van der Waals surface area contributed by atoms with Gasteiger partial charge in [0.25, 0.3) is 11.8 Å². The molecule has 9 nitrogen and oxygen atoms in total. The number of carbonyl (C=O) groups is 3. The number of hydrogen-bond donors (Lipinski definition) is 1. The van der Waals surface area contributed by atoms with E-state index < -0.39 is 0 Å². The molecule has 10 heteroatoms. The van der Waals surface area contributed by atoms with Crippen molar-refractivity contribution in [1.29, 1.82) is 0 Å². The second kappa shape index (κ2) is 15.3. The van der Waals surface area contributed by atoms with Gasteiger partial charge < -0.3 is 24.6 Å². The Morgan fingerprint density at radius 3 is 2.47 bits per heavy atom. The van der Waals surface area contributed by atoms with Crippen molar-refractivity contribution in [3.8, 4) is 11.5 Å². The van der Waals surface area contributed by atoms with Crippen molar-refractivity contribution in [3.05, 3.63) is 82.4 Å². The van der Waals surface area contributed by atoms with E-state index in [2.05, 4.69) is 10.2 Å². The quantitative estimate of drug-likeness (QED) is 0.280. The van der Waals surface area contributed by atoms with E-state index in [0.717, 1.165) is 76.1 Å². The van der Waals surface area contributed by atoms with Gasteiger partial charge in [-0.3, -0.25) is 19.3 Å². The third-order valence-electron chi connectivity index (χ3n) is 8.43. The Hall–Kier alpha value is -4.08. The fraction of sp³-hybridized carbons (Fsp3) is 0.400. The van der Waals surface area contributed by atoms with E-state index in [1.54, 1.807) is 48.2 Å². The zero-order chi connectivity index (χ0) is 31.8. The number of methoxy groups -OCH3 is 1. The molecule has 3 amide bonds. The summed E-state index contributed by atoms with van der Waals surface area (Å²) >= 11 is 6.23. The standard InChI is InChI=1S/C35H41ClN4O5/c1-25(41)39-20-18-38(19-21-39)16-7-8-22-45-32-11-4-3-10-29(32)34(42)37-30-14-12-27(24-33(30)44-2)35(43)40-17-6-5-9-26-23-28(36)13-15-31(26)40/h3-4,10-15,23-24H,5-9,16-22H2,1-2H3,(H,37,42). The number of ether oxygens (including phenoxy) is 2. The largest absolute Gasteiger partial charge is 0.495 e. The van der Waals surface area contributed by atoms with Gasteiger partial charge in [0, 0.05) is 55.9 Å². The molecular weight excluding hydrogens is 592 g/mol. The molecule has 3 aromatic carbocycles. The van der Waals surface area contributed by atoms with Crippen LogP contribution in [0.25, 0.3) is 0 Å². The number of unbranched alkanes of at least 4 members (excludes halogenated alkanes) is 1. The summed E-state index contributed by atoms with van der Waals surface area (Å²) in [5, 5.41) is 3.59. The molecule has 0 saturated carbocycles. The van der Waals surface area contributed by atoms with Crippen LogP contribution in [0.3, 0.4) is 0 Å². The summed E-state index contributed by atoms with van der Waals surface area (Å²) in [5.41, 5.74) is 3.29. The number of hydrogen-bond acceptors (Lipinski definition) is 6. The van der Waals surface area contributed by atoms with Gasteiger partial charge in [-0.2, -0.15) is 0 Å². The average molecular weight is 633 g/mol. The van der Waals surface area contributed by atoms with Crippen molar-refractivity contribution in [3.63, 3.8) is 0 Å². The summed E-state index contributed by atoms with van der Waals surface area (Å²) in [4.78, 5) is 44.6. The molecule has 2 aliphatic rings. The molecule has 3 aromatic rings. The number of rotatable bonds is 10. The first-order valence-corrected chi connectivity index (χ1v) is 16.0. The minimum absolute atomic E-state index is 0.131. The summed E-state index contributed by atoms with van der Waals surface area (Å²) in [5.74, 6) is 0.578. The normalized spacial score (nSPS) is 15.2. The third kappa shape index (κ3) is 8.15. The molecule has 1 N–H and O–H groups in total. The lowest BCUT2D eigenvalue weighted by atomic mass is 10.1. The zero-order valence-electron chi connectivity index (χ0n) is 26.0. The van der Waals surface area contributed by atoms with Gasteiger partial charge in [0.15, 0.2) is 0 Å². The van der Waals surface area contributed by atoms with Crippen molar-refractivity contribution in [2.45, 2.75) is 39.0 Å². The summed E-state index contributed by atoms with van der Waals surface area (Å²) in [6.07, 6.45) is 4.57. The Bertz CT molecular complexity index is 1520. The fourth-order valence-electron chi connectivity index (χ4n) is 5.89. The molecular formula is C35H41ClN4O5. The van der Waals surface area contributed by atoms with Gasteiger partial charge in [-0.25, -0.2) is 0 Å². The van der Waals surface area contributed by atoms with E-state index in [4.69, 9.17) is 21.1 Å². The number of carbonyl (C=O) groups excluding carboxylic acids is 3. The van der Waals surface area contributed by atoms with E-state index in [1.807, 2.05) is 29.2 Å². The summed E-state index contributed by atoms with van der Waals surface area (Å²) in [7, 11) is 1.52. The predicted octanol–water partition coefficient (Wildman–Crippen LogP) is 5.91. The van der Waals surface area contributed by atoms with E-state index in [9.17, 15) is 14.4 Å². The highest BCUT2D eigenvalue weighted by Gasteiger charge is 2.24. The highest BCUT2D eigenvalue weighted by molar-refractivity contribution is 6.30. The molecule has 0 radical (unpaired) electrons. The van der Waals surface area contributed by atoms with Crippen LogP contribution in [-0.4, -0.2) is 80.5 Å². The number of amides is 3. The first-order valence-electron chi connectivity index (χ1n) is 15.6. The van der Waals surface area contributed by atoms with Crippen LogP contribution in [0.2, 0.25) is 5.02 Å². The number of fused-ring (bicyclic) bond motifs is 1. The molecule has 238 valence electrons. The van der Waals surface area contributed by atoms with Crippen LogP contribution < -0.4 is 19.7 Å². The molecule has 0 unspecified atom stereocenters. The first-order chi connectivity index (χ1) is 21.8. The highest BCUT2D eigenvalue weighted by Crippen LogP contribution is 2.32. The molecule has 0 aliphatic carbocycles. The second-order valence-corrected chi connectivity index (χ2v) is 11.9. The lowest BCUT2D eigenvalue weighted by Gasteiger charge is -2.34. The number of nitrogens with one attached hydrogen (secondary N) is 1. The molecule has 5 rings (SSSR count). The van der Waals surface area contributed by atoms with Gasteiger partial charge in [-0.05, 0) is 92.7 Å².